The van der Waals surface area contributed by atoms with Crippen LogP contribution in [-0.2, 0) is 53.6 Å². The summed E-state index contributed by atoms with van der Waals surface area (Å²) in [6.45, 7) is 8.26. The molecule has 5 aromatic rings. The molecule has 7 rings (SSSR count). The zero-order chi connectivity index (χ0) is 51.6. The topological polar surface area (TPSA) is 145 Å². The maximum absolute atomic E-state index is 15.4. The summed E-state index contributed by atoms with van der Waals surface area (Å²) in [4.78, 5) is 99.7. The van der Waals surface area contributed by atoms with Gasteiger partial charge in [0.15, 0.2) is 0 Å². The molecule has 377 valence electrons. The van der Waals surface area contributed by atoms with Gasteiger partial charge in [-0.2, -0.15) is 0 Å². The lowest BCUT2D eigenvalue weighted by Gasteiger charge is -2.52. The molecule has 0 N–H and O–H groups in total. The Hall–Kier alpha value is -7.16. The van der Waals surface area contributed by atoms with Crippen molar-refractivity contribution in [1.82, 2.24) is 34.5 Å². The minimum atomic E-state index is -0.940. The monoisotopic (exact) mass is 975 g/mol. The highest BCUT2D eigenvalue weighted by Crippen LogP contribution is 2.39. The van der Waals surface area contributed by atoms with E-state index in [9.17, 15) is 5.21 Å². The Labute approximate surface area is 424 Å². The van der Waals surface area contributed by atoms with Gasteiger partial charge >= 0.3 is 0 Å². The summed E-state index contributed by atoms with van der Waals surface area (Å²) in [7, 11) is 0. The van der Waals surface area contributed by atoms with Gasteiger partial charge in [0, 0.05) is 36.8 Å². The number of hydrogen-bond acceptors (Lipinski definition) is 7. The van der Waals surface area contributed by atoms with E-state index in [-0.39, 0.29) is 32.5 Å². The minimum absolute atomic E-state index is 0.00756. The molecule has 2 aliphatic heterocycles. The van der Waals surface area contributed by atoms with E-state index in [1.165, 1.54) is 29.4 Å². The Kier molecular flexibility index (Phi) is 17.1. The van der Waals surface area contributed by atoms with E-state index in [2.05, 4.69) is 0 Å². The van der Waals surface area contributed by atoms with Gasteiger partial charge < -0.3 is 29.4 Å². The van der Waals surface area contributed by atoms with Crippen LogP contribution in [0, 0.1) is 0 Å². The summed E-state index contributed by atoms with van der Waals surface area (Å²) in [6, 6.07) is 44.4. The zero-order valence-electron chi connectivity index (χ0n) is 42.4. The zero-order valence-corrected chi connectivity index (χ0v) is 42.4. The molecule has 0 saturated carbocycles. The van der Waals surface area contributed by atoms with E-state index in [4.69, 9.17) is 0 Å². The van der Waals surface area contributed by atoms with E-state index in [1.807, 2.05) is 193 Å². The van der Waals surface area contributed by atoms with E-state index >= 15 is 28.8 Å². The van der Waals surface area contributed by atoms with Crippen LogP contribution in [0.2, 0.25) is 0 Å². The van der Waals surface area contributed by atoms with Crippen molar-refractivity contribution < 1.29 is 34.0 Å². The first-order valence-corrected chi connectivity index (χ1v) is 24.8. The first-order chi connectivity index (χ1) is 34.4. The second-order valence-electron chi connectivity index (χ2n) is 20.4. The fourth-order valence-electron chi connectivity index (χ4n) is 10.2. The van der Waals surface area contributed by atoms with Crippen LogP contribution in [0.5, 0.6) is 0 Å². The first-order valence-electron chi connectivity index (χ1n) is 24.8. The maximum Gasteiger partial charge on any atom is 0.243 e. The maximum atomic E-state index is 15.4. The molecule has 72 heavy (non-hydrogen) atoms. The number of hydroxylamine groups is 2. The van der Waals surface area contributed by atoms with Crippen molar-refractivity contribution >= 4 is 35.4 Å². The fraction of sp³-hybridized carbons (Fsp3) is 0.379. The molecule has 0 aliphatic carbocycles. The van der Waals surface area contributed by atoms with Gasteiger partial charge in [-0.15, -0.1) is 10.3 Å². The molecule has 1 radical (unpaired) electrons. The van der Waals surface area contributed by atoms with Crippen molar-refractivity contribution in [3.8, 4) is 0 Å². The van der Waals surface area contributed by atoms with Gasteiger partial charge in [-0.05, 0) is 82.2 Å². The Morgan fingerprint density at radius 1 is 0.403 bits per heavy atom. The van der Waals surface area contributed by atoms with Gasteiger partial charge in [0.05, 0.1) is 12.1 Å². The van der Waals surface area contributed by atoms with Crippen LogP contribution in [0.15, 0.2) is 152 Å². The van der Waals surface area contributed by atoms with Gasteiger partial charge in [-0.25, -0.2) is 0 Å². The quantitative estimate of drug-likeness (QED) is 0.134. The first kappa shape index (κ1) is 52.7. The predicted octanol–water partition coefficient (Wildman–Crippen LogP) is 7.46. The molecule has 5 aromatic carbocycles. The Morgan fingerprint density at radius 3 is 1.03 bits per heavy atom. The van der Waals surface area contributed by atoms with E-state index < -0.39 is 104 Å². The molecule has 0 unspecified atom stereocenters. The van der Waals surface area contributed by atoms with Gasteiger partial charge in [0.25, 0.3) is 0 Å². The van der Waals surface area contributed by atoms with Crippen LogP contribution >= 0.6 is 0 Å². The molecule has 0 spiro atoms. The van der Waals surface area contributed by atoms with Gasteiger partial charge in [-0.3, -0.25) is 28.8 Å². The third kappa shape index (κ3) is 13.2. The van der Waals surface area contributed by atoms with E-state index in [1.54, 1.807) is 0 Å². The van der Waals surface area contributed by atoms with Crippen molar-refractivity contribution in [2.45, 2.75) is 103 Å². The van der Waals surface area contributed by atoms with Crippen LogP contribution in [0.4, 0.5) is 0 Å². The number of nitrogens with zero attached hydrogens (tertiary/aromatic N) is 7. The van der Waals surface area contributed by atoms with Gasteiger partial charge in [-0.1, -0.05) is 152 Å². The Morgan fingerprint density at radius 2 is 0.694 bits per heavy atom. The van der Waals surface area contributed by atoms with E-state index in [0.717, 1.165) is 32.9 Å². The lowest BCUT2D eigenvalue weighted by atomic mass is 9.78. The SMILES string of the molecule is C[C@@H](c1ccccc1)N1CC(=O)N(Cc2ccccc2)CC(=O)N([C@@H](C)c2ccccc2)CC(=O)N(Cc2ccccc2)CC(=O)N(C2CC(C)(C)N([O])C(C)(C)C2)CC(=O)N(Cc2ccccc2)CC1=O. The average molecular weight is 975 g/mol. The number of carbonyl (C=O) groups excluding carboxylic acids is 6. The molecule has 14 heteroatoms. The molecule has 2 heterocycles. The highest BCUT2D eigenvalue weighted by molar-refractivity contribution is 5.94. The van der Waals surface area contributed by atoms with Crippen molar-refractivity contribution in [3.63, 3.8) is 0 Å². The predicted molar refractivity (Wildman–Crippen MR) is 274 cm³/mol. The lowest BCUT2D eigenvalue weighted by molar-refractivity contribution is -0.293. The molecule has 0 bridgehead atoms. The Bertz CT molecular complexity index is 2540. The van der Waals surface area contributed by atoms with Crippen LogP contribution in [0.1, 0.15) is 94.3 Å². The molecule has 2 aliphatic rings. The number of rotatable bonds is 11. The molecule has 2 fully saturated rings. The van der Waals surface area contributed by atoms with Crippen molar-refractivity contribution in [1.29, 1.82) is 0 Å². The average Bonchev–Trinajstić information content (AvgIpc) is 3.37. The molecular weight excluding hydrogens is 907 g/mol. The summed E-state index contributed by atoms with van der Waals surface area (Å²) >= 11 is 0. The Balaban J connectivity index is 1.37. The van der Waals surface area contributed by atoms with Crippen LogP contribution < -0.4 is 0 Å². The smallest absolute Gasteiger partial charge is 0.243 e. The normalized spacial score (nSPS) is 19.3. The fourth-order valence-corrected chi connectivity index (χ4v) is 10.2. The second kappa shape index (κ2) is 23.4. The summed E-state index contributed by atoms with van der Waals surface area (Å²) in [5, 5.41) is 14.8. The number of piperidine rings is 1. The van der Waals surface area contributed by atoms with Crippen LogP contribution in [0.3, 0.4) is 0 Å². The third-order valence-corrected chi connectivity index (χ3v) is 14.1. The van der Waals surface area contributed by atoms with E-state index in [0.29, 0.717) is 0 Å². The summed E-state index contributed by atoms with van der Waals surface area (Å²) in [5.41, 5.74) is 1.84. The highest BCUT2D eigenvalue weighted by Gasteiger charge is 2.49. The largest absolute Gasteiger partial charge is 0.329 e. The van der Waals surface area contributed by atoms with Gasteiger partial charge in [0.2, 0.25) is 35.4 Å². The standard InChI is InChI=1S/C58H68N7O7/c1-43(48-28-18-10-19-29-48)62-40-51(66)59(34-45-22-12-7-13-23-45)37-54(69)63(44(2)49-30-20-11-21-31-49)41-52(67)61(36-47-26-16-9-17-27-47)39-56(71)64(50-32-57(3,4)65(72)58(5,6)33-50)42-53(68)60(38-55(62)70)35-46-24-14-8-15-25-46/h7-31,43-44,50H,32-42H2,1-6H3/t43-,44-/m0/s1. The number of amides is 6. The summed E-state index contributed by atoms with van der Waals surface area (Å²) in [6.07, 6.45) is 0.452. The third-order valence-electron chi connectivity index (χ3n) is 14.1. The highest BCUT2D eigenvalue weighted by atomic mass is 16.5. The molecule has 2 atom stereocenters. The number of hydrogen-bond donors (Lipinski definition) is 0. The second-order valence-corrected chi connectivity index (χ2v) is 20.4. The van der Waals surface area contributed by atoms with Crippen molar-refractivity contribution in [2.75, 3.05) is 39.3 Å². The minimum Gasteiger partial charge on any atom is -0.329 e. The summed E-state index contributed by atoms with van der Waals surface area (Å²) in [5.74, 6) is -3.12. The lowest BCUT2D eigenvalue weighted by Crippen LogP contribution is -2.64. The number of benzene rings is 5. The molecule has 14 nitrogen and oxygen atoms in total. The van der Waals surface area contributed by atoms with Crippen molar-refractivity contribution in [3.05, 3.63) is 179 Å². The molecule has 0 aromatic heterocycles. The van der Waals surface area contributed by atoms with Crippen molar-refractivity contribution in [2.24, 2.45) is 0 Å². The molecular formula is C58H68N7O7. The molecule has 2 saturated heterocycles. The van der Waals surface area contributed by atoms with Gasteiger partial charge in [0.1, 0.15) is 39.3 Å². The molecule has 6 amide bonds. The van der Waals surface area contributed by atoms with Crippen LogP contribution in [0.25, 0.3) is 0 Å². The number of carbonyl (C=O) groups is 6. The summed E-state index contributed by atoms with van der Waals surface area (Å²) < 4.78 is 0. The van der Waals surface area contributed by atoms with Crippen LogP contribution in [-0.4, -0.2) is 126 Å².